The molecule has 0 saturated heterocycles. The lowest BCUT2D eigenvalue weighted by atomic mass is 9.78. The molecule has 3 saturated carbocycles. The van der Waals surface area contributed by atoms with Gasteiger partial charge in [0, 0.05) is 12.0 Å². The number of esters is 1. The Balaban J connectivity index is 1.74. The van der Waals surface area contributed by atoms with Crippen LogP contribution in [0.5, 0.6) is 0 Å². The molecular formula is C15H22O5. The van der Waals surface area contributed by atoms with Crippen molar-refractivity contribution in [2.75, 3.05) is 0 Å². The molecule has 3 aliphatic rings. The monoisotopic (exact) mass is 282 g/mol. The van der Waals surface area contributed by atoms with Crippen molar-refractivity contribution in [2.45, 2.75) is 56.7 Å². The molecule has 0 spiro atoms. The Morgan fingerprint density at radius 3 is 2.95 bits per heavy atom. The van der Waals surface area contributed by atoms with Gasteiger partial charge in [-0.2, -0.15) is 0 Å². The number of hydrogen-bond donors (Lipinski definition) is 2. The average molecular weight is 282 g/mol. The van der Waals surface area contributed by atoms with E-state index in [1.165, 1.54) is 0 Å². The Morgan fingerprint density at radius 2 is 2.25 bits per heavy atom. The van der Waals surface area contributed by atoms with E-state index in [0.29, 0.717) is 18.3 Å². The molecule has 2 bridgehead atoms. The van der Waals surface area contributed by atoms with Crippen LogP contribution >= 0.6 is 0 Å². The highest BCUT2D eigenvalue weighted by Crippen LogP contribution is 2.62. The zero-order valence-corrected chi connectivity index (χ0v) is 11.7. The number of fused-ring (bicyclic) bond motifs is 5. The predicted octanol–water partition coefficient (Wildman–Crippen LogP) is 0.989. The third kappa shape index (κ3) is 2.00. The molecule has 20 heavy (non-hydrogen) atoms. The maximum absolute atomic E-state index is 11.2. The number of rotatable bonds is 4. The molecule has 0 aromatic heterocycles. The van der Waals surface area contributed by atoms with Crippen molar-refractivity contribution in [2.24, 2.45) is 17.8 Å². The van der Waals surface area contributed by atoms with Crippen molar-refractivity contribution in [3.05, 3.63) is 12.7 Å². The molecule has 0 aromatic carbocycles. The van der Waals surface area contributed by atoms with E-state index in [1.54, 1.807) is 6.92 Å². The molecule has 0 radical (unpaired) electrons. The SMILES string of the molecule is C=CC(=O)OC(C)OC12CCC(C1)C1CC(O)C(O)C12. The third-order valence-electron chi connectivity index (χ3n) is 5.35. The highest BCUT2D eigenvalue weighted by atomic mass is 16.7. The van der Waals surface area contributed by atoms with Gasteiger partial charge >= 0.3 is 5.97 Å². The van der Waals surface area contributed by atoms with E-state index in [-0.39, 0.29) is 5.92 Å². The number of ether oxygens (including phenoxy) is 2. The molecule has 3 fully saturated rings. The molecule has 5 nitrogen and oxygen atoms in total. The second kappa shape index (κ2) is 4.83. The minimum Gasteiger partial charge on any atom is -0.433 e. The first-order valence-electron chi connectivity index (χ1n) is 7.34. The Bertz CT molecular complexity index is 422. The summed E-state index contributed by atoms with van der Waals surface area (Å²) in [6.45, 7) is 5.05. The van der Waals surface area contributed by atoms with Crippen molar-refractivity contribution < 1.29 is 24.5 Å². The number of aliphatic hydroxyl groups is 2. The van der Waals surface area contributed by atoms with Crippen LogP contribution in [0.25, 0.3) is 0 Å². The molecular weight excluding hydrogens is 260 g/mol. The van der Waals surface area contributed by atoms with E-state index in [1.807, 2.05) is 0 Å². The summed E-state index contributed by atoms with van der Waals surface area (Å²) < 4.78 is 11.1. The summed E-state index contributed by atoms with van der Waals surface area (Å²) in [5.41, 5.74) is -0.451. The largest absolute Gasteiger partial charge is 0.433 e. The van der Waals surface area contributed by atoms with Gasteiger partial charge in [-0.1, -0.05) is 6.58 Å². The van der Waals surface area contributed by atoms with Gasteiger partial charge in [-0.3, -0.25) is 0 Å². The molecule has 0 aromatic rings. The summed E-state index contributed by atoms with van der Waals surface area (Å²) in [4.78, 5) is 11.2. The first-order valence-corrected chi connectivity index (χ1v) is 7.34. The van der Waals surface area contributed by atoms with Crippen LogP contribution in [0.4, 0.5) is 0 Å². The van der Waals surface area contributed by atoms with Crippen LogP contribution in [-0.2, 0) is 14.3 Å². The highest BCUT2D eigenvalue weighted by molar-refractivity contribution is 5.81. The maximum atomic E-state index is 11.2. The number of carbonyl (C=O) groups is 1. The summed E-state index contributed by atoms with van der Waals surface area (Å²) in [5, 5.41) is 20.1. The molecule has 2 N–H and O–H groups in total. The fraction of sp³-hybridized carbons (Fsp3) is 0.800. The van der Waals surface area contributed by atoms with Crippen LogP contribution in [0.1, 0.15) is 32.6 Å². The lowest BCUT2D eigenvalue weighted by Gasteiger charge is -2.39. The maximum Gasteiger partial charge on any atom is 0.332 e. The summed E-state index contributed by atoms with van der Waals surface area (Å²) in [6.07, 6.45) is 2.53. The minimum absolute atomic E-state index is 0.0406. The molecule has 7 atom stereocenters. The Hall–Kier alpha value is -0.910. The molecule has 0 heterocycles. The topological polar surface area (TPSA) is 76.0 Å². The van der Waals surface area contributed by atoms with Gasteiger partial charge in [0.2, 0.25) is 6.29 Å². The fourth-order valence-electron chi connectivity index (χ4n) is 4.74. The molecule has 3 aliphatic carbocycles. The van der Waals surface area contributed by atoms with Gasteiger partial charge in [0.15, 0.2) is 0 Å². The number of aliphatic hydroxyl groups excluding tert-OH is 2. The van der Waals surface area contributed by atoms with Crippen molar-refractivity contribution in [1.82, 2.24) is 0 Å². The summed E-state index contributed by atoms with van der Waals surface area (Å²) >= 11 is 0. The first kappa shape index (κ1) is 14.0. The van der Waals surface area contributed by atoms with E-state index in [9.17, 15) is 15.0 Å². The summed E-state index contributed by atoms with van der Waals surface area (Å²) in [6, 6.07) is 0. The van der Waals surface area contributed by atoms with Crippen molar-refractivity contribution in [3.8, 4) is 0 Å². The van der Waals surface area contributed by atoms with Crippen molar-refractivity contribution in [3.63, 3.8) is 0 Å². The fourth-order valence-corrected chi connectivity index (χ4v) is 4.74. The predicted molar refractivity (Wildman–Crippen MR) is 70.5 cm³/mol. The van der Waals surface area contributed by atoms with Gasteiger partial charge < -0.3 is 19.7 Å². The van der Waals surface area contributed by atoms with Crippen LogP contribution in [0.2, 0.25) is 0 Å². The van der Waals surface area contributed by atoms with Gasteiger partial charge in [0.05, 0.1) is 17.8 Å². The molecule has 3 rings (SSSR count). The molecule has 7 unspecified atom stereocenters. The van der Waals surface area contributed by atoms with Crippen LogP contribution in [-0.4, -0.2) is 40.3 Å². The molecule has 0 aliphatic heterocycles. The lowest BCUT2D eigenvalue weighted by molar-refractivity contribution is -0.221. The zero-order chi connectivity index (χ0) is 14.5. The summed E-state index contributed by atoms with van der Waals surface area (Å²) in [7, 11) is 0. The summed E-state index contributed by atoms with van der Waals surface area (Å²) in [5.74, 6) is 0.288. The van der Waals surface area contributed by atoms with E-state index >= 15 is 0 Å². The minimum atomic E-state index is -0.729. The quantitative estimate of drug-likeness (QED) is 0.457. The van der Waals surface area contributed by atoms with E-state index in [0.717, 1.165) is 25.3 Å². The Labute approximate surface area is 118 Å². The van der Waals surface area contributed by atoms with E-state index in [4.69, 9.17) is 9.47 Å². The second-order valence-electron chi connectivity index (χ2n) is 6.38. The number of carbonyl (C=O) groups excluding carboxylic acids is 1. The van der Waals surface area contributed by atoms with Gasteiger partial charge in [-0.05, 0) is 44.4 Å². The third-order valence-corrected chi connectivity index (χ3v) is 5.35. The van der Waals surface area contributed by atoms with Crippen LogP contribution in [0.3, 0.4) is 0 Å². The highest BCUT2D eigenvalue weighted by Gasteiger charge is 2.65. The van der Waals surface area contributed by atoms with Crippen LogP contribution in [0, 0.1) is 17.8 Å². The Morgan fingerprint density at radius 1 is 1.50 bits per heavy atom. The smallest absolute Gasteiger partial charge is 0.332 e. The second-order valence-corrected chi connectivity index (χ2v) is 6.38. The lowest BCUT2D eigenvalue weighted by Crippen LogP contribution is -2.46. The van der Waals surface area contributed by atoms with Gasteiger partial charge in [-0.15, -0.1) is 0 Å². The number of hydrogen-bond acceptors (Lipinski definition) is 5. The molecule has 0 amide bonds. The van der Waals surface area contributed by atoms with E-state index < -0.39 is 30.1 Å². The van der Waals surface area contributed by atoms with Crippen molar-refractivity contribution >= 4 is 5.97 Å². The van der Waals surface area contributed by atoms with Gasteiger partial charge in [0.1, 0.15) is 0 Å². The molecule has 5 heteroatoms. The first-order chi connectivity index (χ1) is 9.47. The van der Waals surface area contributed by atoms with E-state index in [2.05, 4.69) is 6.58 Å². The van der Waals surface area contributed by atoms with Crippen LogP contribution < -0.4 is 0 Å². The van der Waals surface area contributed by atoms with Crippen molar-refractivity contribution in [1.29, 1.82) is 0 Å². The standard InChI is InChI=1S/C15H22O5/c1-3-12(17)19-8(2)20-15-5-4-9(7-15)10-6-11(16)14(18)13(10)15/h3,8-11,13-14,16,18H,1,4-7H2,2H3. The molecule has 112 valence electrons. The van der Waals surface area contributed by atoms with Gasteiger partial charge in [-0.25, -0.2) is 4.79 Å². The van der Waals surface area contributed by atoms with Gasteiger partial charge in [0.25, 0.3) is 0 Å². The van der Waals surface area contributed by atoms with Crippen LogP contribution in [0.15, 0.2) is 12.7 Å². The Kier molecular flexibility index (Phi) is 3.39. The zero-order valence-electron chi connectivity index (χ0n) is 11.7. The average Bonchev–Trinajstić information content (AvgIpc) is 3.01. The normalized spacial score (nSPS) is 47.0.